The maximum Gasteiger partial charge on any atom is 0.0506 e. The van der Waals surface area contributed by atoms with Gasteiger partial charge in [-0.05, 0) is 37.5 Å². The van der Waals surface area contributed by atoms with E-state index in [9.17, 15) is 0 Å². The van der Waals surface area contributed by atoms with Crippen LogP contribution in [0.4, 0.5) is 0 Å². The van der Waals surface area contributed by atoms with Crippen molar-refractivity contribution in [3.05, 3.63) is 0 Å². The molecule has 0 aromatic carbocycles. The van der Waals surface area contributed by atoms with Gasteiger partial charge in [0.2, 0.25) is 0 Å². The van der Waals surface area contributed by atoms with E-state index < -0.39 is 0 Å². The van der Waals surface area contributed by atoms with Gasteiger partial charge in [0.15, 0.2) is 0 Å². The first-order valence-corrected chi connectivity index (χ1v) is 6.71. The van der Waals surface area contributed by atoms with Crippen LogP contribution in [0.25, 0.3) is 0 Å². The molecular formula is C13H25NO. The highest BCUT2D eigenvalue weighted by Gasteiger charge is 2.26. The summed E-state index contributed by atoms with van der Waals surface area (Å²) in [4.78, 5) is 0. The lowest BCUT2D eigenvalue weighted by Crippen LogP contribution is -2.38. The minimum Gasteiger partial charge on any atom is -0.381 e. The van der Waals surface area contributed by atoms with Gasteiger partial charge in [-0.3, -0.25) is 0 Å². The monoisotopic (exact) mass is 211 g/mol. The van der Waals surface area contributed by atoms with Crippen molar-refractivity contribution in [2.45, 2.75) is 51.5 Å². The minimum atomic E-state index is 0.775. The van der Waals surface area contributed by atoms with Crippen LogP contribution in [0.3, 0.4) is 0 Å². The zero-order chi connectivity index (χ0) is 10.5. The van der Waals surface area contributed by atoms with E-state index in [1.807, 2.05) is 0 Å². The fraction of sp³-hybridized carbons (Fsp3) is 1.00. The molecule has 1 saturated heterocycles. The molecule has 2 aliphatic rings. The quantitative estimate of drug-likeness (QED) is 0.771. The molecule has 2 rings (SSSR count). The van der Waals surface area contributed by atoms with Gasteiger partial charge < -0.3 is 10.1 Å². The summed E-state index contributed by atoms with van der Waals surface area (Å²) in [6, 6.07) is 0.803. The zero-order valence-corrected chi connectivity index (χ0v) is 10.0. The van der Waals surface area contributed by atoms with Crippen LogP contribution < -0.4 is 5.32 Å². The Morgan fingerprint density at radius 3 is 2.87 bits per heavy atom. The molecule has 2 fully saturated rings. The third-order valence-corrected chi connectivity index (χ3v) is 4.11. The third kappa shape index (κ3) is 3.18. The van der Waals surface area contributed by atoms with Gasteiger partial charge in [-0.25, -0.2) is 0 Å². The fourth-order valence-corrected chi connectivity index (χ4v) is 3.08. The van der Waals surface area contributed by atoms with Gasteiger partial charge in [-0.15, -0.1) is 0 Å². The van der Waals surface area contributed by atoms with E-state index in [-0.39, 0.29) is 0 Å². The van der Waals surface area contributed by atoms with Gasteiger partial charge in [-0.1, -0.05) is 19.8 Å². The maximum absolute atomic E-state index is 5.51. The minimum absolute atomic E-state index is 0.775. The van der Waals surface area contributed by atoms with E-state index >= 15 is 0 Å². The van der Waals surface area contributed by atoms with Crippen molar-refractivity contribution in [2.24, 2.45) is 11.8 Å². The first kappa shape index (κ1) is 11.4. The number of rotatable bonds is 4. The predicted octanol–water partition coefficient (Wildman–Crippen LogP) is 2.58. The van der Waals surface area contributed by atoms with E-state index in [0.717, 1.165) is 31.1 Å². The second kappa shape index (κ2) is 5.86. The summed E-state index contributed by atoms with van der Waals surface area (Å²) in [6.07, 6.45) is 8.22. The molecule has 1 saturated carbocycles. The highest BCUT2D eigenvalue weighted by atomic mass is 16.5. The van der Waals surface area contributed by atoms with E-state index in [4.69, 9.17) is 4.74 Å². The molecule has 1 heterocycles. The Kier molecular flexibility index (Phi) is 4.45. The van der Waals surface area contributed by atoms with Crippen LogP contribution in [0.1, 0.15) is 45.4 Å². The topological polar surface area (TPSA) is 21.3 Å². The van der Waals surface area contributed by atoms with Crippen LogP contribution in [0, 0.1) is 11.8 Å². The van der Waals surface area contributed by atoms with E-state index in [1.54, 1.807) is 0 Å². The highest BCUT2D eigenvalue weighted by molar-refractivity contribution is 4.83. The molecule has 0 aromatic heterocycles. The van der Waals surface area contributed by atoms with Crippen molar-refractivity contribution in [1.82, 2.24) is 5.32 Å². The largest absolute Gasteiger partial charge is 0.381 e. The number of hydrogen-bond donors (Lipinski definition) is 1. The van der Waals surface area contributed by atoms with Gasteiger partial charge in [0, 0.05) is 19.2 Å². The highest BCUT2D eigenvalue weighted by Crippen LogP contribution is 2.28. The summed E-state index contributed by atoms with van der Waals surface area (Å²) in [5.41, 5.74) is 0. The van der Waals surface area contributed by atoms with E-state index in [2.05, 4.69) is 12.2 Å². The SMILES string of the molecule is CCC1CCCC1NCC1CCCOC1. The molecule has 3 atom stereocenters. The summed E-state index contributed by atoms with van der Waals surface area (Å²) in [6.45, 7) is 5.48. The molecule has 1 N–H and O–H groups in total. The Balaban J connectivity index is 1.67. The number of ether oxygens (including phenoxy) is 1. The average Bonchev–Trinajstić information content (AvgIpc) is 2.75. The molecule has 2 heteroatoms. The molecule has 0 aromatic rings. The van der Waals surface area contributed by atoms with Crippen LogP contribution >= 0.6 is 0 Å². The second-order valence-corrected chi connectivity index (χ2v) is 5.20. The molecular weight excluding hydrogens is 186 g/mol. The lowest BCUT2D eigenvalue weighted by molar-refractivity contribution is 0.0532. The first-order valence-electron chi connectivity index (χ1n) is 6.71. The van der Waals surface area contributed by atoms with Crippen LogP contribution in [-0.2, 0) is 4.74 Å². The van der Waals surface area contributed by atoms with Gasteiger partial charge in [-0.2, -0.15) is 0 Å². The van der Waals surface area contributed by atoms with Crippen molar-refractivity contribution in [3.8, 4) is 0 Å². The van der Waals surface area contributed by atoms with Gasteiger partial charge >= 0.3 is 0 Å². The molecule has 0 amide bonds. The van der Waals surface area contributed by atoms with E-state index in [0.29, 0.717) is 0 Å². The standard InChI is InChI=1S/C13H25NO/c1-2-12-6-3-7-13(12)14-9-11-5-4-8-15-10-11/h11-14H,2-10H2,1H3. The average molecular weight is 211 g/mol. The molecule has 15 heavy (non-hydrogen) atoms. The molecule has 2 nitrogen and oxygen atoms in total. The van der Waals surface area contributed by atoms with Crippen molar-refractivity contribution < 1.29 is 4.74 Å². The molecule has 0 bridgehead atoms. The molecule has 1 aliphatic heterocycles. The molecule has 3 unspecified atom stereocenters. The molecule has 1 aliphatic carbocycles. The maximum atomic E-state index is 5.51. The van der Waals surface area contributed by atoms with Crippen molar-refractivity contribution in [3.63, 3.8) is 0 Å². The summed E-state index contributed by atoms with van der Waals surface area (Å²) in [7, 11) is 0. The Labute approximate surface area is 93.8 Å². The normalized spacial score (nSPS) is 37.0. The molecule has 88 valence electrons. The van der Waals surface area contributed by atoms with Crippen molar-refractivity contribution in [1.29, 1.82) is 0 Å². The van der Waals surface area contributed by atoms with Crippen LogP contribution in [0.15, 0.2) is 0 Å². The Morgan fingerprint density at radius 1 is 1.20 bits per heavy atom. The summed E-state index contributed by atoms with van der Waals surface area (Å²) < 4.78 is 5.51. The predicted molar refractivity (Wildman–Crippen MR) is 63.0 cm³/mol. The van der Waals surface area contributed by atoms with Crippen molar-refractivity contribution >= 4 is 0 Å². The lowest BCUT2D eigenvalue weighted by Gasteiger charge is -2.26. The smallest absolute Gasteiger partial charge is 0.0506 e. The van der Waals surface area contributed by atoms with Crippen LogP contribution in [0.5, 0.6) is 0 Å². The molecule has 0 radical (unpaired) electrons. The lowest BCUT2D eigenvalue weighted by atomic mass is 9.98. The molecule has 0 spiro atoms. The Hall–Kier alpha value is -0.0800. The Morgan fingerprint density at radius 2 is 2.13 bits per heavy atom. The van der Waals surface area contributed by atoms with Gasteiger partial charge in [0.05, 0.1) is 6.61 Å². The first-order chi connectivity index (χ1) is 7.40. The van der Waals surface area contributed by atoms with E-state index in [1.165, 1.54) is 45.1 Å². The number of nitrogens with one attached hydrogen (secondary N) is 1. The summed E-state index contributed by atoms with van der Waals surface area (Å²) in [5, 5.41) is 3.77. The summed E-state index contributed by atoms with van der Waals surface area (Å²) in [5.74, 6) is 1.71. The number of hydrogen-bond acceptors (Lipinski definition) is 2. The Bertz CT molecular complexity index is 177. The van der Waals surface area contributed by atoms with Crippen LogP contribution in [0.2, 0.25) is 0 Å². The zero-order valence-electron chi connectivity index (χ0n) is 10.0. The van der Waals surface area contributed by atoms with Gasteiger partial charge in [0.25, 0.3) is 0 Å². The van der Waals surface area contributed by atoms with Crippen LogP contribution in [-0.4, -0.2) is 25.8 Å². The summed E-state index contributed by atoms with van der Waals surface area (Å²) >= 11 is 0. The van der Waals surface area contributed by atoms with Gasteiger partial charge in [0.1, 0.15) is 0 Å². The fourth-order valence-electron chi connectivity index (χ4n) is 3.08. The third-order valence-electron chi connectivity index (χ3n) is 4.11. The second-order valence-electron chi connectivity index (χ2n) is 5.20. The van der Waals surface area contributed by atoms with Crippen molar-refractivity contribution in [2.75, 3.05) is 19.8 Å².